The fourth-order valence-corrected chi connectivity index (χ4v) is 2.31. The van der Waals surface area contributed by atoms with E-state index in [2.05, 4.69) is 15.0 Å². The number of ether oxygens (including phenoxy) is 2. The van der Waals surface area contributed by atoms with E-state index in [1.807, 2.05) is 0 Å². The SMILES string of the molecule is O=C(COc1ccc(OC(F)(F)F)cc1)NCc1nc(C(=O)O)cs1. The number of hydrogen-bond donors (Lipinski definition) is 2. The summed E-state index contributed by atoms with van der Waals surface area (Å²) in [5.41, 5.74) is -0.105. The molecule has 0 saturated heterocycles. The zero-order valence-electron chi connectivity index (χ0n) is 12.4. The number of carboxylic acid groups (broad SMARTS) is 1. The predicted octanol–water partition coefficient (Wildman–Crippen LogP) is 2.44. The van der Waals surface area contributed by atoms with Crippen LogP contribution in [0, 0.1) is 0 Å². The largest absolute Gasteiger partial charge is 0.573 e. The van der Waals surface area contributed by atoms with Crippen LogP contribution < -0.4 is 14.8 Å². The molecule has 1 aromatic carbocycles. The standard InChI is InChI=1S/C14H11F3N2O5S/c15-14(16,17)24-9-3-1-8(2-4-9)23-6-11(20)18-5-12-19-10(7-25-12)13(21)22/h1-4,7H,5-6H2,(H,18,20)(H,21,22). The normalized spacial score (nSPS) is 11.0. The van der Waals surface area contributed by atoms with Gasteiger partial charge in [-0.15, -0.1) is 24.5 Å². The maximum Gasteiger partial charge on any atom is 0.573 e. The van der Waals surface area contributed by atoms with E-state index in [4.69, 9.17) is 9.84 Å². The zero-order chi connectivity index (χ0) is 18.4. The number of halogens is 3. The van der Waals surface area contributed by atoms with Crippen LogP contribution in [0.5, 0.6) is 11.5 Å². The van der Waals surface area contributed by atoms with Crippen molar-refractivity contribution in [3.05, 3.63) is 40.3 Å². The lowest BCUT2D eigenvalue weighted by molar-refractivity contribution is -0.274. The fraction of sp³-hybridized carbons (Fsp3) is 0.214. The van der Waals surface area contributed by atoms with Crippen molar-refractivity contribution in [2.45, 2.75) is 12.9 Å². The monoisotopic (exact) mass is 376 g/mol. The fourth-order valence-electron chi connectivity index (χ4n) is 1.60. The minimum atomic E-state index is -4.78. The van der Waals surface area contributed by atoms with Crippen LogP contribution in [0.25, 0.3) is 0 Å². The molecule has 0 fully saturated rings. The first-order valence-corrected chi connectivity index (χ1v) is 7.54. The van der Waals surface area contributed by atoms with Crippen molar-refractivity contribution in [1.29, 1.82) is 0 Å². The van der Waals surface area contributed by atoms with Gasteiger partial charge in [0.15, 0.2) is 12.3 Å². The minimum absolute atomic E-state index is 0.0402. The molecule has 1 amide bonds. The molecule has 0 saturated carbocycles. The van der Waals surface area contributed by atoms with Gasteiger partial charge in [-0.2, -0.15) is 0 Å². The summed E-state index contributed by atoms with van der Waals surface area (Å²) < 4.78 is 44.9. The van der Waals surface area contributed by atoms with Crippen molar-refractivity contribution in [1.82, 2.24) is 10.3 Å². The van der Waals surface area contributed by atoms with Crippen molar-refractivity contribution in [2.24, 2.45) is 0 Å². The molecule has 0 bridgehead atoms. The minimum Gasteiger partial charge on any atom is -0.484 e. The molecule has 7 nitrogen and oxygen atoms in total. The van der Waals surface area contributed by atoms with Crippen molar-refractivity contribution in [2.75, 3.05) is 6.61 Å². The maximum absolute atomic E-state index is 12.0. The van der Waals surface area contributed by atoms with Gasteiger partial charge >= 0.3 is 12.3 Å². The lowest BCUT2D eigenvalue weighted by Gasteiger charge is -2.10. The van der Waals surface area contributed by atoms with Crippen LogP contribution in [0.2, 0.25) is 0 Å². The molecule has 2 N–H and O–H groups in total. The van der Waals surface area contributed by atoms with Crippen LogP contribution >= 0.6 is 11.3 Å². The molecule has 0 radical (unpaired) electrons. The molecule has 0 unspecified atom stereocenters. The molecule has 11 heteroatoms. The Hall–Kier alpha value is -2.82. The van der Waals surface area contributed by atoms with Gasteiger partial charge in [-0.25, -0.2) is 9.78 Å². The predicted molar refractivity (Wildman–Crippen MR) is 79.5 cm³/mol. The molecule has 0 atom stereocenters. The first-order chi connectivity index (χ1) is 11.7. The third-order valence-electron chi connectivity index (χ3n) is 2.63. The van der Waals surface area contributed by atoms with Crippen molar-refractivity contribution in [3.8, 4) is 11.5 Å². The summed E-state index contributed by atoms with van der Waals surface area (Å²) in [5.74, 6) is -1.87. The van der Waals surface area contributed by atoms with Gasteiger partial charge in [0.1, 0.15) is 16.5 Å². The lowest BCUT2D eigenvalue weighted by atomic mass is 10.3. The van der Waals surface area contributed by atoms with Crippen LogP contribution in [0.3, 0.4) is 0 Å². The zero-order valence-corrected chi connectivity index (χ0v) is 13.2. The molecule has 2 aromatic rings. The molecular weight excluding hydrogens is 365 g/mol. The van der Waals surface area contributed by atoms with E-state index >= 15 is 0 Å². The van der Waals surface area contributed by atoms with E-state index in [9.17, 15) is 22.8 Å². The highest BCUT2D eigenvalue weighted by molar-refractivity contribution is 7.09. The second-order valence-corrected chi connectivity index (χ2v) is 5.46. The number of carboxylic acids is 1. The Labute approximate surface area is 143 Å². The van der Waals surface area contributed by atoms with E-state index in [0.29, 0.717) is 5.01 Å². The van der Waals surface area contributed by atoms with E-state index < -0.39 is 24.0 Å². The van der Waals surface area contributed by atoms with E-state index in [-0.39, 0.29) is 24.6 Å². The lowest BCUT2D eigenvalue weighted by Crippen LogP contribution is -2.28. The Morgan fingerprint density at radius 2 is 1.84 bits per heavy atom. The number of carbonyl (C=O) groups is 2. The number of carbonyl (C=O) groups excluding carboxylic acids is 1. The van der Waals surface area contributed by atoms with Crippen molar-refractivity contribution >= 4 is 23.2 Å². The number of amides is 1. The Morgan fingerprint density at radius 1 is 1.20 bits per heavy atom. The number of aromatic nitrogens is 1. The molecular formula is C14H11F3N2O5S. The second-order valence-electron chi connectivity index (χ2n) is 4.52. The van der Waals surface area contributed by atoms with E-state index in [1.54, 1.807) is 0 Å². The molecule has 0 spiro atoms. The van der Waals surface area contributed by atoms with Crippen LogP contribution in [-0.4, -0.2) is 34.9 Å². The summed E-state index contributed by atoms with van der Waals surface area (Å²) in [7, 11) is 0. The van der Waals surface area contributed by atoms with E-state index in [1.165, 1.54) is 17.5 Å². The average molecular weight is 376 g/mol. The molecule has 2 rings (SSSR count). The molecule has 0 aliphatic rings. The van der Waals surface area contributed by atoms with Gasteiger partial charge in [-0.3, -0.25) is 4.79 Å². The number of thiazole rings is 1. The summed E-state index contributed by atoms with van der Waals surface area (Å²) >= 11 is 1.09. The maximum atomic E-state index is 12.0. The number of rotatable bonds is 7. The highest BCUT2D eigenvalue weighted by Gasteiger charge is 2.30. The van der Waals surface area contributed by atoms with Crippen molar-refractivity contribution in [3.63, 3.8) is 0 Å². The van der Waals surface area contributed by atoms with Gasteiger partial charge in [0.2, 0.25) is 0 Å². The first-order valence-electron chi connectivity index (χ1n) is 6.66. The number of nitrogens with zero attached hydrogens (tertiary/aromatic N) is 1. The number of nitrogens with one attached hydrogen (secondary N) is 1. The topological polar surface area (TPSA) is 97.8 Å². The number of benzene rings is 1. The van der Waals surface area contributed by atoms with Crippen LogP contribution in [0.15, 0.2) is 29.6 Å². The smallest absolute Gasteiger partial charge is 0.484 e. The molecule has 1 aromatic heterocycles. The Kier molecular flexibility index (Phi) is 5.80. The summed E-state index contributed by atoms with van der Waals surface area (Å²) in [4.78, 5) is 26.1. The Bertz CT molecular complexity index is 746. The summed E-state index contributed by atoms with van der Waals surface area (Å²) in [6.45, 7) is -0.324. The highest BCUT2D eigenvalue weighted by Crippen LogP contribution is 2.24. The van der Waals surface area contributed by atoms with Gasteiger partial charge < -0.3 is 19.9 Å². The van der Waals surface area contributed by atoms with Gasteiger partial charge in [0.05, 0.1) is 6.54 Å². The number of alkyl halides is 3. The van der Waals surface area contributed by atoms with Gasteiger partial charge in [0.25, 0.3) is 5.91 Å². The molecule has 0 aliphatic heterocycles. The summed E-state index contributed by atoms with van der Waals surface area (Å²) in [5, 5.41) is 13.0. The molecule has 134 valence electrons. The quantitative estimate of drug-likeness (QED) is 0.770. The third kappa shape index (κ3) is 6.30. The average Bonchev–Trinajstić information content (AvgIpc) is 3.00. The molecule has 0 aliphatic carbocycles. The third-order valence-corrected chi connectivity index (χ3v) is 3.48. The van der Waals surface area contributed by atoms with Crippen LogP contribution in [0.1, 0.15) is 15.5 Å². The van der Waals surface area contributed by atoms with Gasteiger partial charge in [-0.05, 0) is 24.3 Å². The second kappa shape index (κ2) is 7.83. The van der Waals surface area contributed by atoms with Crippen molar-refractivity contribution < 1.29 is 37.3 Å². The van der Waals surface area contributed by atoms with Gasteiger partial charge in [0, 0.05) is 5.38 Å². The van der Waals surface area contributed by atoms with Crippen LogP contribution in [0.4, 0.5) is 13.2 Å². The van der Waals surface area contributed by atoms with Gasteiger partial charge in [-0.1, -0.05) is 0 Å². The summed E-state index contributed by atoms with van der Waals surface area (Å²) in [6.07, 6.45) is -4.78. The summed E-state index contributed by atoms with van der Waals surface area (Å²) in [6, 6.07) is 4.58. The first kappa shape index (κ1) is 18.5. The Balaban J connectivity index is 1.76. The highest BCUT2D eigenvalue weighted by atomic mass is 32.1. The number of hydrogen-bond acceptors (Lipinski definition) is 6. The molecule has 1 heterocycles. The van der Waals surface area contributed by atoms with Crippen LogP contribution in [-0.2, 0) is 11.3 Å². The van der Waals surface area contributed by atoms with E-state index in [0.717, 1.165) is 23.5 Å². The number of aromatic carboxylic acids is 1. The Morgan fingerprint density at radius 3 is 2.40 bits per heavy atom. The molecule has 25 heavy (non-hydrogen) atoms.